The van der Waals surface area contributed by atoms with Crippen LogP contribution >= 0.6 is 15.9 Å². The predicted octanol–water partition coefficient (Wildman–Crippen LogP) is 3.75. The van der Waals surface area contributed by atoms with Crippen molar-refractivity contribution in [2.45, 2.75) is 13.0 Å². The molecule has 1 N–H and O–H groups in total. The molecule has 1 saturated heterocycles. The van der Waals surface area contributed by atoms with Crippen molar-refractivity contribution >= 4 is 33.4 Å². The maximum Gasteiger partial charge on any atom is 0.295 e. The lowest BCUT2D eigenvalue weighted by Crippen LogP contribution is -2.35. The number of halogens is 1. The number of hydrogen-bond acceptors (Lipinski definition) is 5. The fourth-order valence-electron chi connectivity index (χ4n) is 3.62. The van der Waals surface area contributed by atoms with Gasteiger partial charge in [0, 0.05) is 23.1 Å². The smallest absolute Gasteiger partial charge is 0.295 e. The van der Waals surface area contributed by atoms with Crippen LogP contribution in [0.4, 0.5) is 0 Å². The van der Waals surface area contributed by atoms with Crippen LogP contribution in [0.5, 0.6) is 5.75 Å². The third kappa shape index (κ3) is 4.27. The van der Waals surface area contributed by atoms with Gasteiger partial charge in [-0.05, 0) is 62.5 Å². The van der Waals surface area contributed by atoms with Crippen LogP contribution in [-0.4, -0.2) is 60.9 Å². The summed E-state index contributed by atoms with van der Waals surface area (Å²) in [4.78, 5) is 29.4. The molecule has 2 aromatic rings. The lowest BCUT2D eigenvalue weighted by atomic mass is 9.95. The van der Waals surface area contributed by atoms with Gasteiger partial charge in [0.2, 0.25) is 0 Å². The Kier molecular flexibility index (Phi) is 6.63. The summed E-state index contributed by atoms with van der Waals surface area (Å²) in [6.45, 7) is 2.82. The topological polar surface area (TPSA) is 70.1 Å². The van der Waals surface area contributed by atoms with Gasteiger partial charge in [0.15, 0.2) is 0 Å². The standard InChI is InChI=1S/C23H25BrN2O4/c1-14-12-16(8-9-18(14)30-4)21(27)19-20(15-6-5-7-17(24)13-15)26(11-10-25(2)3)23(29)22(19)28/h5-9,12-13,20,27H,10-11H2,1-4H3/b21-19+/t20-/m1/s1. The summed E-state index contributed by atoms with van der Waals surface area (Å²) in [5.41, 5.74) is 2.15. The SMILES string of the molecule is COc1ccc(/C(O)=C2\C(=O)C(=O)N(CCN(C)C)[C@@H]2c2cccc(Br)c2)cc1C. The molecule has 2 aromatic carbocycles. The van der Waals surface area contributed by atoms with E-state index in [4.69, 9.17) is 4.74 Å². The fourth-order valence-corrected chi connectivity index (χ4v) is 4.04. The van der Waals surface area contributed by atoms with Crippen LogP contribution in [0.2, 0.25) is 0 Å². The van der Waals surface area contributed by atoms with Crippen molar-refractivity contribution < 1.29 is 19.4 Å². The Hall–Kier alpha value is -2.64. The van der Waals surface area contributed by atoms with Crippen molar-refractivity contribution in [2.24, 2.45) is 0 Å². The Bertz CT molecular complexity index is 1020. The number of methoxy groups -OCH3 is 1. The van der Waals surface area contributed by atoms with Gasteiger partial charge in [-0.2, -0.15) is 0 Å². The molecule has 1 amide bonds. The van der Waals surface area contributed by atoms with E-state index in [0.717, 1.165) is 15.6 Å². The first-order valence-electron chi connectivity index (χ1n) is 9.58. The number of likely N-dealkylation sites (N-methyl/N-ethyl adjacent to an activating group) is 1. The molecule has 158 valence electrons. The number of carbonyl (C=O) groups excluding carboxylic acids is 2. The minimum atomic E-state index is -0.676. The number of aliphatic hydroxyl groups is 1. The summed E-state index contributed by atoms with van der Waals surface area (Å²) < 4.78 is 6.11. The van der Waals surface area contributed by atoms with Crippen molar-refractivity contribution in [2.75, 3.05) is 34.3 Å². The van der Waals surface area contributed by atoms with E-state index in [-0.39, 0.29) is 11.3 Å². The molecule has 1 fully saturated rings. The van der Waals surface area contributed by atoms with Crippen LogP contribution in [0.15, 0.2) is 52.5 Å². The van der Waals surface area contributed by atoms with Crippen LogP contribution < -0.4 is 4.74 Å². The Morgan fingerprint density at radius 1 is 1.20 bits per heavy atom. The Balaban J connectivity index is 2.16. The van der Waals surface area contributed by atoms with E-state index in [2.05, 4.69) is 15.9 Å². The molecule has 1 aliphatic heterocycles. The number of nitrogens with zero attached hydrogens (tertiary/aromatic N) is 2. The molecule has 0 aromatic heterocycles. The van der Waals surface area contributed by atoms with Crippen molar-refractivity contribution in [3.05, 3.63) is 69.2 Å². The Morgan fingerprint density at radius 2 is 1.93 bits per heavy atom. The molecule has 1 atom stereocenters. The molecule has 7 heteroatoms. The first-order valence-corrected chi connectivity index (χ1v) is 10.4. The molecule has 3 rings (SSSR count). The van der Waals surface area contributed by atoms with E-state index in [9.17, 15) is 14.7 Å². The average molecular weight is 473 g/mol. The van der Waals surface area contributed by atoms with Gasteiger partial charge >= 0.3 is 0 Å². The molecular formula is C23H25BrN2O4. The highest BCUT2D eigenvalue weighted by atomic mass is 79.9. The first kappa shape index (κ1) is 22.1. The normalized spacial score (nSPS) is 18.3. The largest absolute Gasteiger partial charge is 0.507 e. The number of Topliss-reactive ketones (excluding diaryl/α,β-unsaturated/α-hetero) is 1. The van der Waals surface area contributed by atoms with Gasteiger partial charge in [-0.25, -0.2) is 0 Å². The Labute approximate surface area is 184 Å². The van der Waals surface area contributed by atoms with Crippen molar-refractivity contribution in [1.29, 1.82) is 0 Å². The summed E-state index contributed by atoms with van der Waals surface area (Å²) >= 11 is 3.46. The maximum absolute atomic E-state index is 13.0. The van der Waals surface area contributed by atoms with Gasteiger partial charge in [0.1, 0.15) is 11.5 Å². The highest BCUT2D eigenvalue weighted by Crippen LogP contribution is 2.40. The van der Waals surface area contributed by atoms with E-state index in [0.29, 0.717) is 24.4 Å². The van der Waals surface area contributed by atoms with Crippen molar-refractivity contribution in [3.8, 4) is 5.75 Å². The van der Waals surface area contributed by atoms with E-state index in [1.54, 1.807) is 25.3 Å². The van der Waals surface area contributed by atoms with E-state index in [1.165, 1.54) is 4.90 Å². The number of aryl methyl sites for hydroxylation is 1. The summed E-state index contributed by atoms with van der Waals surface area (Å²) in [5.74, 6) is -0.781. The molecule has 0 radical (unpaired) electrons. The van der Waals surface area contributed by atoms with Crippen molar-refractivity contribution in [1.82, 2.24) is 9.80 Å². The third-order valence-electron chi connectivity index (χ3n) is 5.16. The predicted molar refractivity (Wildman–Crippen MR) is 119 cm³/mol. The fraction of sp³-hybridized carbons (Fsp3) is 0.304. The number of ether oxygens (including phenoxy) is 1. The second-order valence-corrected chi connectivity index (χ2v) is 8.45. The van der Waals surface area contributed by atoms with Crippen LogP contribution in [0.25, 0.3) is 5.76 Å². The summed E-state index contributed by atoms with van der Waals surface area (Å²) in [7, 11) is 5.39. The molecule has 0 spiro atoms. The number of ketones is 1. The second-order valence-electron chi connectivity index (χ2n) is 7.54. The van der Waals surface area contributed by atoms with Gasteiger partial charge in [-0.1, -0.05) is 28.1 Å². The number of benzene rings is 2. The van der Waals surface area contributed by atoms with E-state index >= 15 is 0 Å². The number of rotatable bonds is 6. The van der Waals surface area contributed by atoms with Crippen LogP contribution in [0.1, 0.15) is 22.7 Å². The molecule has 0 aliphatic carbocycles. The van der Waals surface area contributed by atoms with E-state index < -0.39 is 17.7 Å². The van der Waals surface area contributed by atoms with Crippen molar-refractivity contribution in [3.63, 3.8) is 0 Å². The zero-order valence-corrected chi connectivity index (χ0v) is 19.1. The highest BCUT2D eigenvalue weighted by Gasteiger charge is 2.45. The average Bonchev–Trinajstić information content (AvgIpc) is 2.96. The maximum atomic E-state index is 13.0. The first-order chi connectivity index (χ1) is 14.2. The molecule has 6 nitrogen and oxygen atoms in total. The minimum absolute atomic E-state index is 0.0985. The zero-order valence-electron chi connectivity index (χ0n) is 17.5. The van der Waals surface area contributed by atoms with E-state index in [1.807, 2.05) is 50.2 Å². The molecule has 0 bridgehead atoms. The number of hydrogen-bond donors (Lipinski definition) is 1. The summed E-state index contributed by atoms with van der Waals surface area (Å²) in [6.07, 6.45) is 0. The molecule has 1 aliphatic rings. The van der Waals surface area contributed by atoms with Gasteiger partial charge in [0.05, 0.1) is 18.7 Å². The highest BCUT2D eigenvalue weighted by molar-refractivity contribution is 9.10. The monoisotopic (exact) mass is 472 g/mol. The third-order valence-corrected chi connectivity index (χ3v) is 5.65. The second kappa shape index (κ2) is 9.02. The number of carbonyl (C=O) groups is 2. The molecular weight excluding hydrogens is 448 g/mol. The molecule has 0 saturated carbocycles. The Morgan fingerprint density at radius 3 is 2.53 bits per heavy atom. The van der Waals surface area contributed by atoms with Gasteiger partial charge in [0.25, 0.3) is 11.7 Å². The molecule has 30 heavy (non-hydrogen) atoms. The lowest BCUT2D eigenvalue weighted by Gasteiger charge is -2.26. The lowest BCUT2D eigenvalue weighted by molar-refractivity contribution is -0.140. The van der Waals surface area contributed by atoms with Gasteiger partial charge in [-0.15, -0.1) is 0 Å². The van der Waals surface area contributed by atoms with Crippen LogP contribution in [-0.2, 0) is 9.59 Å². The summed E-state index contributed by atoms with van der Waals surface area (Å²) in [5, 5.41) is 11.1. The number of aliphatic hydroxyl groups excluding tert-OH is 1. The van der Waals surface area contributed by atoms with Gasteiger partial charge in [-0.3, -0.25) is 9.59 Å². The van der Waals surface area contributed by atoms with Crippen LogP contribution in [0.3, 0.4) is 0 Å². The number of likely N-dealkylation sites (tertiary alicyclic amines) is 1. The quantitative estimate of drug-likeness (QED) is 0.393. The zero-order chi connectivity index (χ0) is 22.0. The number of amides is 1. The van der Waals surface area contributed by atoms with Gasteiger partial charge < -0.3 is 19.6 Å². The molecule has 1 heterocycles. The minimum Gasteiger partial charge on any atom is -0.507 e. The molecule has 0 unspecified atom stereocenters. The van der Waals surface area contributed by atoms with Crippen LogP contribution in [0, 0.1) is 6.92 Å². The summed E-state index contributed by atoms with van der Waals surface area (Å²) in [6, 6.07) is 12.0.